The van der Waals surface area contributed by atoms with Crippen molar-refractivity contribution in [2.75, 3.05) is 14.2 Å². The van der Waals surface area contributed by atoms with Gasteiger partial charge in [-0.15, -0.1) is 0 Å². The van der Waals surface area contributed by atoms with E-state index in [0.29, 0.717) is 25.7 Å². The summed E-state index contributed by atoms with van der Waals surface area (Å²) < 4.78 is 13.9. The van der Waals surface area contributed by atoms with Crippen molar-refractivity contribution in [2.45, 2.75) is 45.1 Å². The van der Waals surface area contributed by atoms with Gasteiger partial charge in [0.15, 0.2) is 6.10 Å². The van der Waals surface area contributed by atoms with Gasteiger partial charge in [0, 0.05) is 13.3 Å². The summed E-state index contributed by atoms with van der Waals surface area (Å²) in [4.78, 5) is 32.9. The van der Waals surface area contributed by atoms with E-state index in [-0.39, 0.29) is 5.97 Å². The molecule has 0 fully saturated rings. The lowest BCUT2D eigenvalue weighted by Gasteiger charge is -2.14. The fraction of sp³-hybridized carbons (Fsp3) is 0.750. The molecular formula is C12H20O6. The van der Waals surface area contributed by atoms with Crippen LogP contribution in [0.4, 0.5) is 0 Å². The topological polar surface area (TPSA) is 78.9 Å². The van der Waals surface area contributed by atoms with E-state index < -0.39 is 18.0 Å². The number of hydrogen-bond acceptors (Lipinski definition) is 6. The molecule has 0 rings (SSSR count). The summed E-state index contributed by atoms with van der Waals surface area (Å²) in [5, 5.41) is 0. The summed E-state index contributed by atoms with van der Waals surface area (Å²) in [6.07, 6.45) is 2.00. The van der Waals surface area contributed by atoms with E-state index in [2.05, 4.69) is 9.47 Å². The van der Waals surface area contributed by atoms with Crippen LogP contribution in [0.15, 0.2) is 0 Å². The molecule has 0 aromatic carbocycles. The molecule has 0 aliphatic heterocycles. The van der Waals surface area contributed by atoms with Gasteiger partial charge in [-0.3, -0.25) is 9.59 Å². The van der Waals surface area contributed by atoms with Crippen LogP contribution >= 0.6 is 0 Å². The molecule has 0 unspecified atom stereocenters. The SMILES string of the molecule is COC(=O)CCCCC[C@@H](OC(C)=O)C(=O)OC. The molecular weight excluding hydrogens is 240 g/mol. The first-order chi connectivity index (χ1) is 8.51. The van der Waals surface area contributed by atoms with Crippen molar-refractivity contribution in [3.8, 4) is 0 Å². The Labute approximate surface area is 107 Å². The van der Waals surface area contributed by atoms with Gasteiger partial charge in [-0.2, -0.15) is 0 Å². The third kappa shape index (κ3) is 7.65. The zero-order valence-electron chi connectivity index (χ0n) is 11.1. The van der Waals surface area contributed by atoms with Crippen molar-refractivity contribution in [1.82, 2.24) is 0 Å². The van der Waals surface area contributed by atoms with Crippen LogP contribution in [0.1, 0.15) is 39.0 Å². The Balaban J connectivity index is 3.86. The standard InChI is InChI=1S/C12H20O6/c1-9(13)18-10(12(15)17-3)7-5-4-6-8-11(14)16-2/h10H,4-8H2,1-3H3/t10-/m1/s1. The number of hydrogen-bond donors (Lipinski definition) is 0. The van der Waals surface area contributed by atoms with Crippen molar-refractivity contribution in [1.29, 1.82) is 0 Å². The van der Waals surface area contributed by atoms with Crippen LogP contribution in [0.25, 0.3) is 0 Å². The smallest absolute Gasteiger partial charge is 0.347 e. The van der Waals surface area contributed by atoms with Crippen molar-refractivity contribution >= 4 is 17.9 Å². The summed E-state index contributed by atoms with van der Waals surface area (Å²) in [6, 6.07) is 0. The van der Waals surface area contributed by atoms with Gasteiger partial charge in [0.05, 0.1) is 14.2 Å². The molecule has 0 bridgehead atoms. The van der Waals surface area contributed by atoms with Gasteiger partial charge in [0.2, 0.25) is 0 Å². The number of ether oxygens (including phenoxy) is 3. The first kappa shape index (κ1) is 16.4. The molecule has 6 nitrogen and oxygen atoms in total. The molecule has 1 atom stereocenters. The molecule has 0 spiro atoms. The Morgan fingerprint density at radius 1 is 1.00 bits per heavy atom. The molecule has 0 saturated heterocycles. The molecule has 0 heterocycles. The number of methoxy groups -OCH3 is 2. The van der Waals surface area contributed by atoms with E-state index in [1.165, 1.54) is 21.1 Å². The zero-order valence-corrected chi connectivity index (χ0v) is 11.1. The molecule has 0 radical (unpaired) electrons. The molecule has 104 valence electrons. The van der Waals surface area contributed by atoms with Crippen LogP contribution in [0, 0.1) is 0 Å². The van der Waals surface area contributed by atoms with E-state index in [4.69, 9.17) is 4.74 Å². The van der Waals surface area contributed by atoms with Crippen LogP contribution in [0.2, 0.25) is 0 Å². The van der Waals surface area contributed by atoms with Gasteiger partial charge in [-0.25, -0.2) is 4.79 Å². The first-order valence-electron chi connectivity index (χ1n) is 5.83. The van der Waals surface area contributed by atoms with Crippen LogP contribution < -0.4 is 0 Å². The third-order valence-corrected chi connectivity index (χ3v) is 2.35. The fourth-order valence-electron chi connectivity index (χ4n) is 1.43. The summed E-state index contributed by atoms with van der Waals surface area (Å²) in [6.45, 7) is 1.24. The Morgan fingerprint density at radius 3 is 2.17 bits per heavy atom. The maximum atomic E-state index is 11.3. The monoisotopic (exact) mass is 260 g/mol. The second kappa shape index (κ2) is 9.44. The molecule has 18 heavy (non-hydrogen) atoms. The number of esters is 3. The molecule has 0 aliphatic rings. The van der Waals surface area contributed by atoms with Gasteiger partial charge in [0.1, 0.15) is 0 Å². The Bertz CT molecular complexity index is 286. The van der Waals surface area contributed by atoms with Crippen LogP contribution in [0.3, 0.4) is 0 Å². The number of carbonyl (C=O) groups is 3. The Kier molecular flexibility index (Phi) is 8.61. The number of rotatable bonds is 8. The summed E-state index contributed by atoms with van der Waals surface area (Å²) in [5.74, 6) is -1.32. The number of unbranched alkanes of at least 4 members (excludes halogenated alkanes) is 2. The highest BCUT2D eigenvalue weighted by atomic mass is 16.6. The van der Waals surface area contributed by atoms with E-state index in [0.717, 1.165) is 6.42 Å². The highest BCUT2D eigenvalue weighted by Crippen LogP contribution is 2.10. The van der Waals surface area contributed by atoms with Gasteiger partial charge >= 0.3 is 17.9 Å². The second-order valence-electron chi connectivity index (χ2n) is 3.80. The van der Waals surface area contributed by atoms with E-state index in [1.807, 2.05) is 0 Å². The van der Waals surface area contributed by atoms with E-state index in [9.17, 15) is 14.4 Å². The average molecular weight is 260 g/mol. The van der Waals surface area contributed by atoms with Crippen molar-refractivity contribution in [3.05, 3.63) is 0 Å². The van der Waals surface area contributed by atoms with Crippen molar-refractivity contribution < 1.29 is 28.6 Å². The maximum Gasteiger partial charge on any atom is 0.347 e. The normalized spacial score (nSPS) is 11.5. The van der Waals surface area contributed by atoms with Crippen LogP contribution in [0.5, 0.6) is 0 Å². The lowest BCUT2D eigenvalue weighted by Crippen LogP contribution is -2.27. The van der Waals surface area contributed by atoms with Gasteiger partial charge < -0.3 is 14.2 Å². The fourth-order valence-corrected chi connectivity index (χ4v) is 1.43. The molecule has 0 aliphatic carbocycles. The van der Waals surface area contributed by atoms with E-state index in [1.54, 1.807) is 0 Å². The third-order valence-electron chi connectivity index (χ3n) is 2.35. The molecule has 6 heteroatoms. The maximum absolute atomic E-state index is 11.3. The largest absolute Gasteiger partial charge is 0.469 e. The molecule has 0 amide bonds. The number of carbonyl (C=O) groups excluding carboxylic acids is 3. The predicted octanol–water partition coefficient (Wildman–Crippen LogP) is 1.21. The van der Waals surface area contributed by atoms with Crippen molar-refractivity contribution in [3.63, 3.8) is 0 Å². The molecule has 0 saturated carbocycles. The summed E-state index contributed by atoms with van der Waals surface area (Å²) in [5.41, 5.74) is 0. The minimum Gasteiger partial charge on any atom is -0.469 e. The molecule has 0 aromatic heterocycles. The van der Waals surface area contributed by atoms with Crippen LogP contribution in [-0.4, -0.2) is 38.2 Å². The molecule has 0 N–H and O–H groups in total. The average Bonchev–Trinajstić information content (AvgIpc) is 2.35. The zero-order chi connectivity index (χ0) is 14.0. The Hall–Kier alpha value is -1.59. The lowest BCUT2D eigenvalue weighted by molar-refractivity contribution is -0.165. The quantitative estimate of drug-likeness (QED) is 0.371. The molecule has 0 aromatic rings. The van der Waals surface area contributed by atoms with Crippen LogP contribution in [-0.2, 0) is 28.6 Å². The van der Waals surface area contributed by atoms with E-state index >= 15 is 0 Å². The highest BCUT2D eigenvalue weighted by molar-refractivity contribution is 5.78. The Morgan fingerprint density at radius 2 is 1.67 bits per heavy atom. The van der Waals surface area contributed by atoms with Crippen molar-refractivity contribution in [2.24, 2.45) is 0 Å². The lowest BCUT2D eigenvalue weighted by atomic mass is 10.1. The second-order valence-corrected chi connectivity index (χ2v) is 3.80. The minimum atomic E-state index is -0.856. The van der Waals surface area contributed by atoms with Gasteiger partial charge in [-0.05, 0) is 19.3 Å². The first-order valence-corrected chi connectivity index (χ1v) is 5.83. The predicted molar refractivity (Wildman–Crippen MR) is 62.7 cm³/mol. The highest BCUT2D eigenvalue weighted by Gasteiger charge is 2.21. The minimum absolute atomic E-state index is 0.250. The summed E-state index contributed by atoms with van der Waals surface area (Å²) in [7, 11) is 2.59. The van der Waals surface area contributed by atoms with Gasteiger partial charge in [-0.1, -0.05) is 6.42 Å². The summed E-state index contributed by atoms with van der Waals surface area (Å²) >= 11 is 0. The van der Waals surface area contributed by atoms with Gasteiger partial charge in [0.25, 0.3) is 0 Å².